The van der Waals surface area contributed by atoms with Gasteiger partial charge in [-0.15, -0.1) is 11.3 Å². The van der Waals surface area contributed by atoms with Gasteiger partial charge in [0.15, 0.2) is 0 Å². The van der Waals surface area contributed by atoms with Gasteiger partial charge in [-0.1, -0.05) is 0 Å². The molecule has 1 fully saturated rings. The lowest BCUT2D eigenvalue weighted by molar-refractivity contribution is 0.0726. The number of hydrogen-bond donors (Lipinski definition) is 1. The molecular formula is C11H16N2OS. The molecule has 0 aromatic carbocycles. The van der Waals surface area contributed by atoms with Crippen LogP contribution >= 0.6 is 11.3 Å². The van der Waals surface area contributed by atoms with Crippen molar-refractivity contribution in [3.05, 3.63) is 16.5 Å². The van der Waals surface area contributed by atoms with Crippen LogP contribution in [-0.2, 0) is 0 Å². The van der Waals surface area contributed by atoms with Crippen LogP contribution < -0.4 is 5.73 Å². The predicted octanol–water partition coefficient (Wildman–Crippen LogP) is 2.26. The van der Waals surface area contributed by atoms with Crippen LogP contribution in [0.3, 0.4) is 0 Å². The van der Waals surface area contributed by atoms with E-state index in [4.69, 9.17) is 5.73 Å². The molecule has 1 aromatic rings. The molecule has 4 heteroatoms. The van der Waals surface area contributed by atoms with Gasteiger partial charge in [-0.2, -0.15) is 0 Å². The van der Waals surface area contributed by atoms with E-state index in [9.17, 15) is 4.79 Å². The molecule has 3 nitrogen and oxygen atoms in total. The van der Waals surface area contributed by atoms with Crippen LogP contribution in [-0.4, -0.2) is 23.9 Å². The summed E-state index contributed by atoms with van der Waals surface area (Å²) >= 11 is 1.49. The minimum absolute atomic E-state index is 0.108. The van der Waals surface area contributed by atoms with Gasteiger partial charge in [-0.25, -0.2) is 0 Å². The van der Waals surface area contributed by atoms with Crippen LogP contribution in [0.5, 0.6) is 0 Å². The molecule has 1 aliphatic heterocycles. The third-order valence-electron chi connectivity index (χ3n) is 2.76. The summed E-state index contributed by atoms with van der Waals surface area (Å²) in [6.45, 7) is 3.74. The number of carbonyl (C=O) groups is 1. The maximum Gasteiger partial charge on any atom is 0.256 e. The zero-order valence-corrected chi connectivity index (χ0v) is 9.77. The van der Waals surface area contributed by atoms with Crippen LogP contribution in [0.4, 0.5) is 5.00 Å². The summed E-state index contributed by atoms with van der Waals surface area (Å²) in [5.74, 6) is 0.108. The van der Waals surface area contributed by atoms with Gasteiger partial charge in [0.1, 0.15) is 0 Å². The highest BCUT2D eigenvalue weighted by atomic mass is 32.1. The van der Waals surface area contributed by atoms with Crippen molar-refractivity contribution in [2.45, 2.75) is 26.2 Å². The first kappa shape index (κ1) is 10.5. The van der Waals surface area contributed by atoms with E-state index in [1.54, 1.807) is 0 Å². The molecule has 2 N–H and O–H groups in total. The Hall–Kier alpha value is -1.03. The van der Waals surface area contributed by atoms with Crippen molar-refractivity contribution in [3.63, 3.8) is 0 Å². The zero-order chi connectivity index (χ0) is 10.8. The molecule has 0 atom stereocenters. The van der Waals surface area contributed by atoms with Crippen LogP contribution in [0.15, 0.2) is 6.07 Å². The second kappa shape index (κ2) is 4.23. The Morgan fingerprint density at radius 3 is 2.60 bits per heavy atom. The summed E-state index contributed by atoms with van der Waals surface area (Å²) in [7, 11) is 0. The lowest BCUT2D eigenvalue weighted by atomic mass is 10.1. The molecule has 0 aliphatic carbocycles. The molecular weight excluding hydrogens is 208 g/mol. The summed E-state index contributed by atoms with van der Waals surface area (Å²) < 4.78 is 0. The Bertz CT molecular complexity index is 367. The summed E-state index contributed by atoms with van der Waals surface area (Å²) in [6, 6.07) is 1.90. The van der Waals surface area contributed by atoms with Crippen molar-refractivity contribution >= 4 is 22.2 Å². The van der Waals surface area contributed by atoms with Crippen molar-refractivity contribution in [1.82, 2.24) is 4.90 Å². The van der Waals surface area contributed by atoms with E-state index in [1.807, 2.05) is 17.9 Å². The number of amides is 1. The highest BCUT2D eigenvalue weighted by Gasteiger charge is 2.21. The van der Waals surface area contributed by atoms with Gasteiger partial charge in [-0.3, -0.25) is 4.79 Å². The average Bonchev–Trinajstić information content (AvgIpc) is 2.58. The summed E-state index contributed by atoms with van der Waals surface area (Å²) in [5, 5.41) is 0.656. The van der Waals surface area contributed by atoms with Gasteiger partial charge in [0.25, 0.3) is 5.91 Å². The minimum Gasteiger partial charge on any atom is -0.390 e. The molecule has 2 heterocycles. The predicted molar refractivity (Wildman–Crippen MR) is 63.2 cm³/mol. The number of nitrogens with zero attached hydrogens (tertiary/aromatic N) is 1. The highest BCUT2D eigenvalue weighted by Crippen LogP contribution is 2.26. The molecule has 0 spiro atoms. The van der Waals surface area contributed by atoms with Crippen molar-refractivity contribution in [2.24, 2.45) is 0 Å². The van der Waals surface area contributed by atoms with Gasteiger partial charge in [-0.05, 0) is 32.3 Å². The number of anilines is 1. The first-order valence-electron chi connectivity index (χ1n) is 5.33. The second-order valence-corrected chi connectivity index (χ2v) is 5.28. The average molecular weight is 224 g/mol. The van der Waals surface area contributed by atoms with Gasteiger partial charge >= 0.3 is 0 Å². The largest absolute Gasteiger partial charge is 0.390 e. The molecule has 2 rings (SSSR count). The monoisotopic (exact) mass is 224 g/mol. The molecule has 1 aliphatic rings. The molecule has 0 saturated carbocycles. The Kier molecular flexibility index (Phi) is 2.95. The SMILES string of the molecule is Cc1cc(C(=O)N2CCCCC2)c(N)s1. The highest BCUT2D eigenvalue weighted by molar-refractivity contribution is 7.16. The maximum atomic E-state index is 12.1. The molecule has 0 unspecified atom stereocenters. The number of thiophene rings is 1. The second-order valence-electron chi connectivity index (χ2n) is 3.99. The normalized spacial score (nSPS) is 16.7. The van der Waals surface area contributed by atoms with Crippen molar-refractivity contribution < 1.29 is 4.79 Å². The van der Waals surface area contributed by atoms with E-state index in [-0.39, 0.29) is 5.91 Å². The summed E-state index contributed by atoms with van der Waals surface area (Å²) in [4.78, 5) is 15.1. The van der Waals surface area contributed by atoms with Crippen molar-refractivity contribution in [1.29, 1.82) is 0 Å². The molecule has 1 aromatic heterocycles. The van der Waals surface area contributed by atoms with Gasteiger partial charge in [0.2, 0.25) is 0 Å². The minimum atomic E-state index is 0.108. The molecule has 15 heavy (non-hydrogen) atoms. The Morgan fingerprint density at radius 1 is 1.40 bits per heavy atom. The number of hydrogen-bond acceptors (Lipinski definition) is 3. The van der Waals surface area contributed by atoms with Crippen LogP contribution in [0.25, 0.3) is 0 Å². The van der Waals surface area contributed by atoms with E-state index >= 15 is 0 Å². The van der Waals surface area contributed by atoms with Gasteiger partial charge < -0.3 is 10.6 Å². The first-order valence-corrected chi connectivity index (χ1v) is 6.15. The van der Waals surface area contributed by atoms with Gasteiger partial charge in [0, 0.05) is 18.0 Å². The van der Waals surface area contributed by atoms with Gasteiger partial charge in [0.05, 0.1) is 10.6 Å². The topological polar surface area (TPSA) is 46.3 Å². The number of rotatable bonds is 1. The van der Waals surface area contributed by atoms with Crippen molar-refractivity contribution in [2.75, 3.05) is 18.8 Å². The summed E-state index contributed by atoms with van der Waals surface area (Å²) in [5.41, 5.74) is 6.51. The molecule has 1 amide bonds. The number of piperidine rings is 1. The fourth-order valence-electron chi connectivity index (χ4n) is 1.97. The molecule has 82 valence electrons. The first-order chi connectivity index (χ1) is 7.18. The molecule has 1 saturated heterocycles. The van der Waals surface area contributed by atoms with E-state index in [0.717, 1.165) is 30.8 Å². The van der Waals surface area contributed by atoms with Crippen LogP contribution in [0.2, 0.25) is 0 Å². The number of carbonyl (C=O) groups excluding carboxylic acids is 1. The number of likely N-dealkylation sites (tertiary alicyclic amines) is 1. The lowest BCUT2D eigenvalue weighted by Crippen LogP contribution is -2.35. The fraction of sp³-hybridized carbons (Fsp3) is 0.545. The van der Waals surface area contributed by atoms with E-state index in [1.165, 1.54) is 17.8 Å². The molecule has 0 radical (unpaired) electrons. The Morgan fingerprint density at radius 2 is 2.07 bits per heavy atom. The fourth-order valence-corrected chi connectivity index (χ4v) is 2.75. The van der Waals surface area contributed by atoms with Crippen LogP contribution in [0.1, 0.15) is 34.5 Å². The number of nitrogen functional groups attached to an aromatic ring is 1. The number of aryl methyl sites for hydroxylation is 1. The van der Waals surface area contributed by atoms with E-state index in [2.05, 4.69) is 0 Å². The smallest absolute Gasteiger partial charge is 0.256 e. The van der Waals surface area contributed by atoms with Crippen molar-refractivity contribution in [3.8, 4) is 0 Å². The lowest BCUT2D eigenvalue weighted by Gasteiger charge is -2.26. The quantitative estimate of drug-likeness (QED) is 0.795. The van der Waals surface area contributed by atoms with Crippen LogP contribution in [0, 0.1) is 6.92 Å². The zero-order valence-electron chi connectivity index (χ0n) is 8.95. The van der Waals surface area contributed by atoms with E-state index < -0.39 is 0 Å². The Balaban J connectivity index is 2.16. The summed E-state index contributed by atoms with van der Waals surface area (Å²) in [6.07, 6.45) is 3.48. The molecule has 0 bridgehead atoms. The number of nitrogens with two attached hydrogens (primary N) is 1. The third-order valence-corrected chi connectivity index (χ3v) is 3.64. The maximum absolute atomic E-state index is 12.1. The third kappa shape index (κ3) is 2.15. The Labute approximate surface area is 93.9 Å². The standard InChI is InChI=1S/C11H16N2OS/c1-8-7-9(10(12)15-8)11(14)13-5-3-2-4-6-13/h7H,2-6,12H2,1H3. The van der Waals surface area contributed by atoms with E-state index in [0.29, 0.717) is 10.6 Å².